The first-order valence-electron chi connectivity index (χ1n) is 12.1. The Morgan fingerprint density at radius 3 is 2.82 bits per heavy atom. The summed E-state index contributed by atoms with van der Waals surface area (Å²) in [5, 5.41) is 5.20. The number of aryl methyl sites for hydroxylation is 2. The number of carbonyl (C=O) groups is 1. The van der Waals surface area contributed by atoms with Crippen molar-refractivity contribution in [2.24, 2.45) is 5.10 Å². The highest BCUT2D eigenvalue weighted by molar-refractivity contribution is 9.10. The second-order valence-electron chi connectivity index (χ2n) is 8.61. The molecule has 0 spiro atoms. The van der Waals surface area contributed by atoms with Crippen LogP contribution in [0.25, 0.3) is 22.0 Å². The molecule has 0 radical (unpaired) electrons. The summed E-state index contributed by atoms with van der Waals surface area (Å²) in [6, 6.07) is 15.2. The number of methoxy groups -OCH3 is 1. The van der Waals surface area contributed by atoms with E-state index in [0.717, 1.165) is 51.9 Å². The number of hydrogen-bond acceptors (Lipinski definition) is 7. The van der Waals surface area contributed by atoms with Crippen LogP contribution in [0, 0.1) is 0 Å². The molecule has 0 saturated carbocycles. The van der Waals surface area contributed by atoms with E-state index in [1.54, 1.807) is 29.1 Å². The lowest BCUT2D eigenvalue weighted by atomic mass is 9.97. The highest BCUT2D eigenvalue weighted by Crippen LogP contribution is 2.35. The molecule has 0 unspecified atom stereocenters. The Hall–Kier alpha value is -3.21. The van der Waals surface area contributed by atoms with Gasteiger partial charge >= 0.3 is 0 Å². The molecule has 194 valence electrons. The molecule has 1 aliphatic carbocycles. The Balaban J connectivity index is 1.34. The van der Waals surface area contributed by atoms with Crippen molar-refractivity contribution in [2.45, 2.75) is 30.8 Å². The zero-order valence-electron chi connectivity index (χ0n) is 20.6. The third kappa shape index (κ3) is 5.77. The average Bonchev–Trinajstić information content (AvgIpc) is 3.31. The number of allylic oxidation sites excluding steroid dienone is 1. The molecule has 0 bridgehead atoms. The molecule has 0 fully saturated rings. The van der Waals surface area contributed by atoms with Gasteiger partial charge in [-0.2, -0.15) is 5.10 Å². The Labute approximate surface area is 236 Å². The van der Waals surface area contributed by atoms with Crippen LogP contribution in [-0.2, 0) is 17.6 Å². The molecule has 5 rings (SSSR count). The van der Waals surface area contributed by atoms with Crippen molar-refractivity contribution in [3.8, 4) is 11.4 Å². The third-order valence-corrected chi connectivity index (χ3v) is 8.79. The van der Waals surface area contributed by atoms with E-state index in [1.165, 1.54) is 22.9 Å². The average molecular weight is 610 g/mol. The number of nitrogens with zero attached hydrogens (tertiary/aromatic N) is 3. The Bertz CT molecular complexity index is 1590. The summed E-state index contributed by atoms with van der Waals surface area (Å²) in [6.45, 7) is 0. The van der Waals surface area contributed by atoms with Crippen molar-refractivity contribution in [2.75, 3.05) is 12.9 Å². The van der Waals surface area contributed by atoms with Crippen molar-refractivity contribution in [1.29, 1.82) is 0 Å². The SMILES string of the molecule is COc1ccccc1C=CC=NNC(=O)CSc1nc2sc3c(c2c(=O)n1-c1ccc(Br)cc1)CCCC3. The minimum atomic E-state index is -0.292. The predicted octanol–water partition coefficient (Wildman–Crippen LogP) is 6.00. The minimum absolute atomic E-state index is 0.0626. The molecule has 0 atom stereocenters. The van der Waals surface area contributed by atoms with Gasteiger partial charge in [0.25, 0.3) is 11.5 Å². The van der Waals surface area contributed by atoms with Crippen LogP contribution in [0.1, 0.15) is 28.8 Å². The standard InChI is InChI=1S/C28H25BrN4O3S2/c1-36-22-10-4-2-7-18(22)8-6-16-30-32-24(34)17-37-28-31-26-25(21-9-3-5-11-23(21)38-26)27(35)33(28)20-14-12-19(29)13-15-20/h2,4,6-8,10,12-16H,3,5,9,11,17H2,1H3,(H,32,34). The van der Waals surface area contributed by atoms with Gasteiger partial charge in [0, 0.05) is 21.1 Å². The van der Waals surface area contributed by atoms with Gasteiger partial charge in [0.15, 0.2) is 5.16 Å². The molecule has 1 aliphatic rings. The van der Waals surface area contributed by atoms with Gasteiger partial charge in [-0.25, -0.2) is 10.4 Å². The lowest BCUT2D eigenvalue weighted by Gasteiger charge is -2.13. The Morgan fingerprint density at radius 2 is 2.00 bits per heavy atom. The van der Waals surface area contributed by atoms with E-state index in [0.29, 0.717) is 16.2 Å². The number of fused-ring (bicyclic) bond motifs is 3. The molecule has 2 heterocycles. The zero-order valence-corrected chi connectivity index (χ0v) is 23.9. The lowest BCUT2D eigenvalue weighted by molar-refractivity contribution is -0.118. The number of hydrogen-bond donors (Lipinski definition) is 1. The van der Waals surface area contributed by atoms with E-state index in [4.69, 9.17) is 9.72 Å². The lowest BCUT2D eigenvalue weighted by Crippen LogP contribution is -2.24. The molecule has 7 nitrogen and oxygen atoms in total. The zero-order chi connectivity index (χ0) is 26.5. The topological polar surface area (TPSA) is 85.6 Å². The summed E-state index contributed by atoms with van der Waals surface area (Å²) in [5.74, 6) is 0.525. The van der Waals surface area contributed by atoms with E-state index in [2.05, 4.69) is 26.5 Å². The summed E-state index contributed by atoms with van der Waals surface area (Å²) < 4.78 is 7.86. The maximum atomic E-state index is 13.8. The van der Waals surface area contributed by atoms with Crippen molar-refractivity contribution < 1.29 is 9.53 Å². The smallest absolute Gasteiger partial charge is 0.267 e. The van der Waals surface area contributed by atoms with Gasteiger partial charge in [-0.15, -0.1) is 11.3 Å². The van der Waals surface area contributed by atoms with Crippen LogP contribution in [-0.4, -0.2) is 34.5 Å². The van der Waals surface area contributed by atoms with Crippen LogP contribution in [0.3, 0.4) is 0 Å². The largest absolute Gasteiger partial charge is 0.496 e. The van der Waals surface area contributed by atoms with Gasteiger partial charge in [-0.3, -0.25) is 14.2 Å². The number of halogens is 1. The number of benzene rings is 2. The van der Waals surface area contributed by atoms with E-state index in [-0.39, 0.29) is 17.2 Å². The van der Waals surface area contributed by atoms with Gasteiger partial charge in [0.1, 0.15) is 10.6 Å². The number of carbonyl (C=O) groups excluding carboxylic acids is 1. The summed E-state index contributed by atoms with van der Waals surface area (Å²) in [4.78, 5) is 33.2. The summed E-state index contributed by atoms with van der Waals surface area (Å²) in [5.41, 5.74) is 5.22. The van der Waals surface area contributed by atoms with Crippen LogP contribution >= 0.6 is 39.0 Å². The second kappa shape index (κ2) is 12.1. The van der Waals surface area contributed by atoms with Crippen LogP contribution in [0.5, 0.6) is 5.75 Å². The summed E-state index contributed by atoms with van der Waals surface area (Å²) in [7, 11) is 1.62. The maximum Gasteiger partial charge on any atom is 0.267 e. The van der Waals surface area contributed by atoms with Gasteiger partial charge in [0.2, 0.25) is 0 Å². The summed E-state index contributed by atoms with van der Waals surface area (Å²) in [6.07, 6.45) is 9.20. The van der Waals surface area contributed by atoms with Crippen LogP contribution in [0.2, 0.25) is 0 Å². The third-order valence-electron chi connectivity index (χ3n) is 6.14. The fraction of sp³-hybridized carbons (Fsp3) is 0.214. The van der Waals surface area contributed by atoms with Gasteiger partial charge < -0.3 is 4.74 Å². The number of aromatic nitrogens is 2. The second-order valence-corrected chi connectivity index (χ2v) is 11.5. The predicted molar refractivity (Wildman–Crippen MR) is 159 cm³/mol. The molecule has 4 aromatic rings. The fourth-order valence-electron chi connectivity index (χ4n) is 4.37. The number of thioether (sulfide) groups is 1. The number of hydrazone groups is 1. The molecule has 10 heteroatoms. The quantitative estimate of drug-likeness (QED) is 0.115. The van der Waals surface area contributed by atoms with E-state index in [9.17, 15) is 9.59 Å². The molecular formula is C28H25BrN4O3S2. The first-order chi connectivity index (χ1) is 18.5. The summed E-state index contributed by atoms with van der Waals surface area (Å²) >= 11 is 6.28. The van der Waals surface area contributed by atoms with Crippen molar-refractivity contribution in [3.63, 3.8) is 0 Å². The van der Waals surface area contributed by atoms with Gasteiger partial charge in [-0.05, 0) is 73.7 Å². The molecule has 0 aliphatic heterocycles. The maximum absolute atomic E-state index is 13.8. The number of para-hydroxylation sites is 1. The monoisotopic (exact) mass is 608 g/mol. The van der Waals surface area contributed by atoms with E-state index >= 15 is 0 Å². The van der Waals surface area contributed by atoms with Crippen molar-refractivity contribution in [1.82, 2.24) is 15.0 Å². The molecule has 2 aromatic carbocycles. The molecule has 0 saturated heterocycles. The highest BCUT2D eigenvalue weighted by Gasteiger charge is 2.23. The first-order valence-corrected chi connectivity index (χ1v) is 14.7. The number of thiophene rings is 1. The highest BCUT2D eigenvalue weighted by atomic mass is 79.9. The molecule has 2 aromatic heterocycles. The molecular weight excluding hydrogens is 584 g/mol. The molecule has 1 amide bonds. The minimum Gasteiger partial charge on any atom is -0.496 e. The van der Waals surface area contributed by atoms with Crippen LogP contribution in [0.15, 0.2) is 74.1 Å². The van der Waals surface area contributed by atoms with Crippen molar-refractivity contribution >= 4 is 67.4 Å². The van der Waals surface area contributed by atoms with E-state index < -0.39 is 0 Å². The van der Waals surface area contributed by atoms with Crippen molar-refractivity contribution in [3.05, 3.63) is 85.4 Å². The Morgan fingerprint density at radius 1 is 1.21 bits per heavy atom. The first kappa shape index (κ1) is 26.4. The van der Waals surface area contributed by atoms with E-state index in [1.807, 2.05) is 54.6 Å². The number of nitrogens with one attached hydrogen (secondary N) is 1. The normalized spacial score (nSPS) is 13.3. The fourth-order valence-corrected chi connectivity index (χ4v) is 6.74. The number of rotatable bonds is 8. The van der Waals surface area contributed by atoms with Gasteiger partial charge in [-0.1, -0.05) is 45.9 Å². The number of ether oxygens (including phenoxy) is 1. The molecule has 1 N–H and O–H groups in total. The number of amides is 1. The Kier molecular flexibility index (Phi) is 8.41. The van der Waals surface area contributed by atoms with Crippen LogP contribution < -0.4 is 15.7 Å². The van der Waals surface area contributed by atoms with Crippen LogP contribution in [0.4, 0.5) is 0 Å². The molecule has 38 heavy (non-hydrogen) atoms. The van der Waals surface area contributed by atoms with Gasteiger partial charge in [0.05, 0.1) is 23.9 Å².